The topological polar surface area (TPSA) is 49.8 Å². The van der Waals surface area contributed by atoms with Gasteiger partial charge in [0.1, 0.15) is 5.82 Å². The summed E-state index contributed by atoms with van der Waals surface area (Å²) in [6.45, 7) is 7.13. The van der Waals surface area contributed by atoms with Crippen LogP contribution in [0.4, 0.5) is 17.5 Å². The Morgan fingerprint density at radius 1 is 1.04 bits per heavy atom. The smallest absolute Gasteiger partial charge is 0.229 e. The van der Waals surface area contributed by atoms with Gasteiger partial charge < -0.3 is 10.6 Å². The summed E-state index contributed by atoms with van der Waals surface area (Å²) in [5.74, 6) is 1.54. The van der Waals surface area contributed by atoms with Gasteiger partial charge in [-0.2, -0.15) is 4.98 Å². The maximum absolute atomic E-state index is 4.64. The zero-order valence-electron chi connectivity index (χ0n) is 15.5. The fourth-order valence-corrected chi connectivity index (χ4v) is 3.32. The van der Waals surface area contributed by atoms with Crippen LogP contribution in [0.2, 0.25) is 0 Å². The number of anilines is 3. The highest BCUT2D eigenvalue weighted by molar-refractivity contribution is 5.63. The third kappa shape index (κ3) is 4.81. The number of nitrogens with one attached hydrogen (secondary N) is 2. The van der Waals surface area contributed by atoms with Gasteiger partial charge in [0.15, 0.2) is 0 Å². The molecule has 0 radical (unpaired) electrons. The summed E-state index contributed by atoms with van der Waals surface area (Å²) < 4.78 is 0. The summed E-state index contributed by atoms with van der Waals surface area (Å²) in [6.07, 6.45) is 8.68. The summed E-state index contributed by atoms with van der Waals surface area (Å²) in [7, 11) is 0. The zero-order valence-corrected chi connectivity index (χ0v) is 15.5. The van der Waals surface area contributed by atoms with E-state index in [9.17, 15) is 0 Å². The number of benzene rings is 1. The zero-order chi connectivity index (χ0) is 17.6. The van der Waals surface area contributed by atoms with E-state index in [1.54, 1.807) is 5.57 Å². The van der Waals surface area contributed by atoms with E-state index in [0.29, 0.717) is 5.95 Å². The van der Waals surface area contributed by atoms with Crippen molar-refractivity contribution in [3.63, 3.8) is 0 Å². The van der Waals surface area contributed by atoms with Gasteiger partial charge in [0.2, 0.25) is 5.95 Å². The molecule has 1 aliphatic carbocycles. The normalized spacial score (nSPS) is 14.1. The van der Waals surface area contributed by atoms with Gasteiger partial charge in [-0.3, -0.25) is 0 Å². The first kappa shape index (κ1) is 17.5. The maximum atomic E-state index is 4.64. The average Bonchev–Trinajstić information content (AvgIpc) is 2.59. The van der Waals surface area contributed by atoms with Crippen LogP contribution < -0.4 is 10.6 Å². The van der Waals surface area contributed by atoms with Crippen molar-refractivity contribution in [1.29, 1.82) is 0 Å². The molecule has 0 atom stereocenters. The molecule has 0 fully saturated rings. The van der Waals surface area contributed by atoms with E-state index in [1.807, 2.05) is 13.0 Å². The fourth-order valence-electron chi connectivity index (χ4n) is 3.32. The van der Waals surface area contributed by atoms with Crippen LogP contribution in [-0.2, 0) is 0 Å². The van der Waals surface area contributed by atoms with Crippen LogP contribution in [0.1, 0.15) is 48.9 Å². The van der Waals surface area contributed by atoms with Crippen molar-refractivity contribution in [3.8, 4) is 0 Å². The van der Waals surface area contributed by atoms with Crippen LogP contribution in [0, 0.1) is 20.8 Å². The molecule has 1 aliphatic rings. The second-order valence-electron chi connectivity index (χ2n) is 6.89. The van der Waals surface area contributed by atoms with E-state index in [-0.39, 0.29) is 0 Å². The van der Waals surface area contributed by atoms with Crippen LogP contribution in [-0.4, -0.2) is 16.5 Å². The Kier molecular flexibility index (Phi) is 5.69. The van der Waals surface area contributed by atoms with Crippen LogP contribution in [0.5, 0.6) is 0 Å². The first-order valence-corrected chi connectivity index (χ1v) is 9.22. The Morgan fingerprint density at radius 2 is 1.84 bits per heavy atom. The number of para-hydroxylation sites is 1. The Labute approximate surface area is 150 Å². The number of aryl methyl sites for hydroxylation is 3. The van der Waals surface area contributed by atoms with Gasteiger partial charge in [0, 0.05) is 24.0 Å². The van der Waals surface area contributed by atoms with Crippen molar-refractivity contribution in [1.82, 2.24) is 9.97 Å². The van der Waals surface area contributed by atoms with Gasteiger partial charge in [-0.1, -0.05) is 29.8 Å². The fraction of sp³-hybridized carbons (Fsp3) is 0.429. The largest absolute Gasteiger partial charge is 0.370 e. The van der Waals surface area contributed by atoms with Gasteiger partial charge in [0.05, 0.1) is 0 Å². The van der Waals surface area contributed by atoms with Crippen molar-refractivity contribution in [2.24, 2.45) is 0 Å². The molecule has 2 aromatic rings. The standard InChI is InChI=1S/C21H28N4/c1-15-8-7-9-16(2)20(15)25-21-23-17(3)14-19(24-21)22-13-12-18-10-5-4-6-11-18/h7-10,14H,4-6,11-13H2,1-3H3,(H2,22,23,24,25). The summed E-state index contributed by atoms with van der Waals surface area (Å²) >= 11 is 0. The Bertz CT molecular complexity index is 744. The third-order valence-electron chi connectivity index (χ3n) is 4.71. The highest BCUT2D eigenvalue weighted by Gasteiger charge is 2.08. The molecule has 4 nitrogen and oxygen atoms in total. The predicted molar refractivity (Wildman–Crippen MR) is 106 cm³/mol. The minimum atomic E-state index is 0.650. The van der Waals surface area contributed by atoms with Gasteiger partial charge in [-0.15, -0.1) is 0 Å². The van der Waals surface area contributed by atoms with E-state index in [1.165, 1.54) is 36.8 Å². The minimum Gasteiger partial charge on any atom is -0.370 e. The van der Waals surface area contributed by atoms with Gasteiger partial charge in [-0.25, -0.2) is 4.98 Å². The quantitative estimate of drug-likeness (QED) is 0.689. The summed E-state index contributed by atoms with van der Waals surface area (Å²) in [5.41, 5.74) is 6.03. The molecule has 0 bridgehead atoms. The second kappa shape index (κ2) is 8.15. The lowest BCUT2D eigenvalue weighted by Crippen LogP contribution is -2.08. The lowest BCUT2D eigenvalue weighted by molar-refractivity contribution is 0.679. The highest BCUT2D eigenvalue weighted by Crippen LogP contribution is 2.24. The lowest BCUT2D eigenvalue weighted by atomic mass is 9.97. The molecule has 1 aromatic carbocycles. The molecule has 0 aliphatic heterocycles. The first-order valence-electron chi connectivity index (χ1n) is 9.22. The van der Waals surface area contributed by atoms with E-state index in [2.05, 4.69) is 58.7 Å². The summed E-state index contributed by atoms with van der Waals surface area (Å²) in [5, 5.41) is 6.84. The van der Waals surface area contributed by atoms with E-state index in [0.717, 1.165) is 30.2 Å². The molecule has 0 spiro atoms. The molecule has 0 amide bonds. The van der Waals surface area contributed by atoms with Crippen molar-refractivity contribution in [2.75, 3.05) is 17.2 Å². The number of hydrogen-bond donors (Lipinski definition) is 2. The van der Waals surface area contributed by atoms with Crippen molar-refractivity contribution in [2.45, 2.75) is 52.9 Å². The van der Waals surface area contributed by atoms with Crippen LogP contribution in [0.3, 0.4) is 0 Å². The first-order chi connectivity index (χ1) is 12.1. The van der Waals surface area contributed by atoms with E-state index < -0.39 is 0 Å². The van der Waals surface area contributed by atoms with Crippen LogP contribution in [0.25, 0.3) is 0 Å². The molecule has 1 heterocycles. The molecular weight excluding hydrogens is 308 g/mol. The third-order valence-corrected chi connectivity index (χ3v) is 4.71. The van der Waals surface area contributed by atoms with Crippen molar-refractivity contribution >= 4 is 17.5 Å². The number of rotatable bonds is 6. The Morgan fingerprint density at radius 3 is 2.56 bits per heavy atom. The van der Waals surface area contributed by atoms with Gasteiger partial charge in [-0.05, 0) is 64.0 Å². The predicted octanol–water partition coefficient (Wildman–Crippen LogP) is 5.45. The number of aromatic nitrogens is 2. The lowest BCUT2D eigenvalue weighted by Gasteiger charge is -2.15. The number of allylic oxidation sites excluding steroid dienone is 1. The average molecular weight is 336 g/mol. The number of nitrogens with zero attached hydrogens (tertiary/aromatic N) is 2. The summed E-state index contributed by atoms with van der Waals surface area (Å²) in [4.78, 5) is 9.18. The molecule has 0 unspecified atom stereocenters. The number of hydrogen-bond acceptors (Lipinski definition) is 4. The molecule has 1 aromatic heterocycles. The molecule has 132 valence electrons. The molecule has 4 heteroatoms. The molecule has 0 saturated heterocycles. The molecule has 2 N–H and O–H groups in total. The van der Waals surface area contributed by atoms with Crippen molar-refractivity contribution < 1.29 is 0 Å². The Hall–Kier alpha value is -2.36. The Balaban J connectivity index is 1.67. The second-order valence-corrected chi connectivity index (χ2v) is 6.89. The minimum absolute atomic E-state index is 0.650. The summed E-state index contributed by atoms with van der Waals surface area (Å²) in [6, 6.07) is 8.27. The van der Waals surface area contributed by atoms with E-state index in [4.69, 9.17) is 0 Å². The maximum Gasteiger partial charge on any atom is 0.229 e. The molecule has 25 heavy (non-hydrogen) atoms. The van der Waals surface area contributed by atoms with E-state index >= 15 is 0 Å². The monoisotopic (exact) mass is 336 g/mol. The molecule has 0 saturated carbocycles. The van der Waals surface area contributed by atoms with Crippen LogP contribution >= 0.6 is 0 Å². The van der Waals surface area contributed by atoms with Crippen LogP contribution in [0.15, 0.2) is 35.9 Å². The van der Waals surface area contributed by atoms with Gasteiger partial charge in [0.25, 0.3) is 0 Å². The SMILES string of the molecule is Cc1cc(NCCC2=CCCCC2)nc(Nc2c(C)cccc2C)n1. The van der Waals surface area contributed by atoms with Gasteiger partial charge >= 0.3 is 0 Å². The molecular formula is C21H28N4. The van der Waals surface area contributed by atoms with Crippen molar-refractivity contribution in [3.05, 3.63) is 52.7 Å². The highest BCUT2D eigenvalue weighted by atomic mass is 15.1. The molecule has 3 rings (SSSR count).